The van der Waals surface area contributed by atoms with Gasteiger partial charge in [0.1, 0.15) is 10.7 Å². The summed E-state index contributed by atoms with van der Waals surface area (Å²) in [5, 5.41) is 13.6. The first-order valence-corrected chi connectivity index (χ1v) is 12.4. The van der Waals surface area contributed by atoms with E-state index in [1.165, 1.54) is 42.4 Å². The Morgan fingerprint density at radius 1 is 1.24 bits per heavy atom. The van der Waals surface area contributed by atoms with Gasteiger partial charge in [0.05, 0.1) is 10.6 Å². The number of hydrogen-bond donors (Lipinski definition) is 1. The number of rotatable bonds is 5. The first-order valence-electron chi connectivity index (χ1n) is 9.74. The number of aromatic nitrogens is 4. The fourth-order valence-corrected chi connectivity index (χ4v) is 6.28. The van der Waals surface area contributed by atoms with Gasteiger partial charge in [0.2, 0.25) is 5.89 Å². The van der Waals surface area contributed by atoms with Crippen LogP contribution in [0.25, 0.3) is 20.7 Å². The second kappa shape index (κ2) is 8.04. The Bertz CT molecular complexity index is 1170. The number of nitrogens with zero attached hydrogens (tertiary/aromatic N) is 3. The van der Waals surface area contributed by atoms with Crippen molar-refractivity contribution in [3.63, 3.8) is 0 Å². The number of thioether (sulfide) groups is 1. The standard InChI is InChI=1S/C20H20N4O2S3/c1-11(29-20-24-23-18(26-20)12-6-3-2-4-7-12)16-21-17(25)15-13(10-28-19(15)22-16)14-8-5-9-27-14/h5,8-12H,2-4,6-7H2,1H3,(H,21,22,25). The molecule has 0 saturated heterocycles. The Balaban J connectivity index is 1.38. The zero-order valence-corrected chi connectivity index (χ0v) is 18.3. The Labute approximate surface area is 179 Å². The summed E-state index contributed by atoms with van der Waals surface area (Å²) in [6.45, 7) is 1.99. The molecule has 1 unspecified atom stereocenters. The fraction of sp³-hybridized carbons (Fsp3) is 0.400. The molecular weight excluding hydrogens is 424 g/mol. The van der Waals surface area contributed by atoms with Gasteiger partial charge >= 0.3 is 0 Å². The van der Waals surface area contributed by atoms with Crippen LogP contribution in [0.15, 0.2) is 37.3 Å². The normalized spacial score (nSPS) is 16.4. The molecule has 1 aliphatic carbocycles. The molecule has 0 bridgehead atoms. The monoisotopic (exact) mass is 444 g/mol. The third kappa shape index (κ3) is 3.78. The molecule has 1 saturated carbocycles. The van der Waals surface area contributed by atoms with E-state index in [2.05, 4.69) is 15.2 Å². The van der Waals surface area contributed by atoms with E-state index >= 15 is 0 Å². The van der Waals surface area contributed by atoms with Crippen LogP contribution >= 0.6 is 34.4 Å². The largest absolute Gasteiger partial charge is 0.416 e. The Kier molecular flexibility index (Phi) is 5.28. The lowest BCUT2D eigenvalue weighted by atomic mass is 9.89. The van der Waals surface area contributed by atoms with Crippen molar-refractivity contribution in [2.75, 3.05) is 0 Å². The van der Waals surface area contributed by atoms with Gasteiger partial charge in [-0.05, 0) is 31.2 Å². The molecule has 0 spiro atoms. The highest BCUT2D eigenvalue weighted by Gasteiger charge is 2.23. The quantitative estimate of drug-likeness (QED) is 0.380. The minimum atomic E-state index is -0.101. The molecule has 29 heavy (non-hydrogen) atoms. The van der Waals surface area contributed by atoms with E-state index in [-0.39, 0.29) is 10.8 Å². The van der Waals surface area contributed by atoms with E-state index in [0.717, 1.165) is 34.0 Å². The summed E-state index contributed by atoms with van der Waals surface area (Å²) < 4.78 is 5.91. The van der Waals surface area contributed by atoms with Crippen molar-refractivity contribution in [3.8, 4) is 10.4 Å². The van der Waals surface area contributed by atoms with Gasteiger partial charge in [-0.2, -0.15) is 0 Å². The Morgan fingerprint density at radius 2 is 2.10 bits per heavy atom. The van der Waals surface area contributed by atoms with E-state index in [1.54, 1.807) is 11.3 Å². The lowest BCUT2D eigenvalue weighted by Gasteiger charge is -2.17. The highest BCUT2D eigenvalue weighted by Crippen LogP contribution is 2.38. The van der Waals surface area contributed by atoms with Crippen LogP contribution in [-0.2, 0) is 0 Å². The molecule has 0 radical (unpaired) electrons. The highest BCUT2D eigenvalue weighted by molar-refractivity contribution is 7.99. The van der Waals surface area contributed by atoms with E-state index < -0.39 is 0 Å². The van der Waals surface area contributed by atoms with Crippen LogP contribution in [0.1, 0.15) is 61.9 Å². The van der Waals surface area contributed by atoms with E-state index in [9.17, 15) is 4.79 Å². The summed E-state index contributed by atoms with van der Waals surface area (Å²) in [5.41, 5.74) is 0.852. The van der Waals surface area contributed by atoms with Crippen LogP contribution in [0.5, 0.6) is 0 Å². The first kappa shape index (κ1) is 19.0. The molecule has 1 aliphatic rings. The van der Waals surface area contributed by atoms with Gasteiger partial charge in [-0.15, -0.1) is 32.9 Å². The average Bonchev–Trinajstić information content (AvgIpc) is 3.49. The van der Waals surface area contributed by atoms with Gasteiger partial charge in [-0.25, -0.2) is 4.98 Å². The van der Waals surface area contributed by atoms with Gasteiger partial charge in [-0.1, -0.05) is 37.1 Å². The topological polar surface area (TPSA) is 84.7 Å². The van der Waals surface area contributed by atoms with Crippen molar-refractivity contribution in [3.05, 3.63) is 45.0 Å². The molecule has 4 aromatic rings. The summed E-state index contributed by atoms with van der Waals surface area (Å²) in [7, 11) is 0. The van der Waals surface area contributed by atoms with Crippen molar-refractivity contribution in [1.82, 2.24) is 20.2 Å². The number of nitrogens with one attached hydrogen (secondary N) is 1. The van der Waals surface area contributed by atoms with E-state index in [1.807, 2.05) is 29.8 Å². The second-order valence-corrected chi connectivity index (χ2v) is 10.4. The van der Waals surface area contributed by atoms with Crippen molar-refractivity contribution in [2.24, 2.45) is 0 Å². The molecule has 4 aromatic heterocycles. The number of H-pyrrole nitrogens is 1. The van der Waals surface area contributed by atoms with E-state index in [0.29, 0.717) is 22.4 Å². The third-order valence-electron chi connectivity index (χ3n) is 5.29. The van der Waals surface area contributed by atoms with Crippen LogP contribution in [0.3, 0.4) is 0 Å². The third-order valence-corrected chi connectivity index (χ3v) is 8.01. The zero-order chi connectivity index (χ0) is 19.8. The molecule has 6 nitrogen and oxygen atoms in total. The Morgan fingerprint density at radius 3 is 2.90 bits per heavy atom. The van der Waals surface area contributed by atoms with Crippen molar-refractivity contribution < 1.29 is 4.42 Å². The second-order valence-electron chi connectivity index (χ2n) is 7.26. The summed E-state index contributed by atoms with van der Waals surface area (Å²) in [6, 6.07) is 4.02. The van der Waals surface area contributed by atoms with Gasteiger partial charge in [0.25, 0.3) is 10.8 Å². The molecule has 150 valence electrons. The predicted octanol–water partition coefficient (Wildman–Crippen LogP) is 6.00. The van der Waals surface area contributed by atoms with Crippen molar-refractivity contribution in [2.45, 2.75) is 55.4 Å². The number of aromatic amines is 1. The number of fused-ring (bicyclic) bond motifs is 1. The molecule has 9 heteroatoms. The van der Waals surface area contributed by atoms with Crippen LogP contribution < -0.4 is 5.56 Å². The van der Waals surface area contributed by atoms with Gasteiger partial charge in [-0.3, -0.25) is 4.79 Å². The van der Waals surface area contributed by atoms with E-state index in [4.69, 9.17) is 9.40 Å². The molecular formula is C20H20N4O2S3. The maximum absolute atomic E-state index is 12.8. The highest BCUT2D eigenvalue weighted by atomic mass is 32.2. The van der Waals surface area contributed by atoms with Crippen molar-refractivity contribution in [1.29, 1.82) is 0 Å². The maximum atomic E-state index is 12.8. The molecule has 0 amide bonds. The molecule has 1 fully saturated rings. The average molecular weight is 445 g/mol. The summed E-state index contributed by atoms with van der Waals surface area (Å²) in [6.07, 6.45) is 6.00. The summed E-state index contributed by atoms with van der Waals surface area (Å²) in [4.78, 5) is 22.3. The van der Waals surface area contributed by atoms with Crippen LogP contribution in [0.4, 0.5) is 0 Å². The zero-order valence-electron chi connectivity index (χ0n) is 15.9. The minimum Gasteiger partial charge on any atom is -0.416 e. The molecule has 1 N–H and O–H groups in total. The smallest absolute Gasteiger partial charge is 0.277 e. The van der Waals surface area contributed by atoms with Gasteiger partial charge in [0.15, 0.2) is 0 Å². The molecule has 0 aromatic carbocycles. The van der Waals surface area contributed by atoms with Crippen LogP contribution in [0, 0.1) is 0 Å². The fourth-order valence-electron chi connectivity index (χ4n) is 3.76. The lowest BCUT2D eigenvalue weighted by molar-refractivity contribution is 0.334. The molecule has 4 heterocycles. The molecule has 1 atom stereocenters. The summed E-state index contributed by atoms with van der Waals surface area (Å²) >= 11 is 4.56. The molecule has 5 rings (SSSR count). The predicted molar refractivity (Wildman–Crippen MR) is 118 cm³/mol. The molecule has 0 aliphatic heterocycles. The van der Waals surface area contributed by atoms with Gasteiger partial charge in [0, 0.05) is 21.7 Å². The number of thiophene rings is 2. The van der Waals surface area contributed by atoms with Gasteiger partial charge < -0.3 is 9.40 Å². The summed E-state index contributed by atoms with van der Waals surface area (Å²) in [5.74, 6) is 1.76. The SMILES string of the molecule is CC(Sc1nnc(C2CCCCC2)o1)c1nc2scc(-c3cccs3)c2c(=O)[nH]1. The van der Waals surface area contributed by atoms with Crippen LogP contribution in [0.2, 0.25) is 0 Å². The number of hydrogen-bond acceptors (Lipinski definition) is 8. The van der Waals surface area contributed by atoms with Crippen molar-refractivity contribution >= 4 is 44.7 Å². The minimum absolute atomic E-state index is 0.0981. The Hall–Kier alpha value is -1.97. The van der Waals surface area contributed by atoms with Crippen LogP contribution in [-0.4, -0.2) is 20.2 Å². The maximum Gasteiger partial charge on any atom is 0.277 e. The lowest BCUT2D eigenvalue weighted by Crippen LogP contribution is -2.12. The first-order chi connectivity index (χ1) is 14.2.